The Balaban J connectivity index is 1.19. The molecular formula is C88H121N19O24S. The maximum Gasteiger partial charge on any atom is 0.303 e. The molecule has 132 heavy (non-hydrogen) atoms. The maximum atomic E-state index is 15.8. The fourth-order valence-electron chi connectivity index (χ4n) is 16.2. The first-order valence-corrected chi connectivity index (χ1v) is 45.0. The summed E-state index contributed by atoms with van der Waals surface area (Å²) in [5.74, 6) is -22.8. The molecule has 0 unspecified atom stereocenters. The highest BCUT2D eigenvalue weighted by Gasteiger charge is 2.47. The topological polar surface area (TPSA) is 660 Å². The number of thioether (sulfide) groups is 1. The van der Waals surface area contributed by atoms with Gasteiger partial charge in [-0.2, -0.15) is 0 Å². The number of hydrogen-bond donors (Lipinski definition) is 19. The quantitative estimate of drug-likeness (QED) is 0.0262. The van der Waals surface area contributed by atoms with Gasteiger partial charge in [-0.15, -0.1) is 11.8 Å². The number of phenolic OH excluding ortho intramolecular Hbond substituents is 1. The van der Waals surface area contributed by atoms with E-state index >= 15 is 33.6 Å². The number of nitrogens with zero attached hydrogens (tertiary/aromatic N) is 5. The van der Waals surface area contributed by atoms with Gasteiger partial charge >= 0.3 is 11.9 Å². The first-order valence-electron chi connectivity index (χ1n) is 43.9. The number of aliphatic hydroxyl groups excluding tert-OH is 2. The standard InChI is InChI=1S/C88H121N19O24S/c1-7-9-20-66-82(125)97-58(27-29-74(115)116)79(122)102-65(78(121)94-42-72(91)113)45-132-46-73(114)95-61(34-48-23-25-52(109)26-24-48)84(127)103(4)47(3)76(119)99-63(39-71(90)112)87(130)106-33-15-22-67(106)83(126)101-64(44-108)81(124)98-60(28-30-75(117)118)86(129)107-43-53(110)38-69(107)70(111)37-49(35-50-40-92-56-18-13-11-16-54(50)56)77(120)96-59(31-32-89)80(123)100-62(36-51-41-93-57-19-14-12-17-55(51)57)85(128)105(6)68(21-10-8-2)88(131)104(66)5/h11-14,16-19,23-26,40-41,47,49,53,58-69,92-93,108-110H,7-10,15,20-22,27-39,42-46,89H2,1-6H3,(H2,90,112)(H2,91,113)(H,94,121)(H,95,114)(H,96,120)(H,97,125)(H,98,124)(H,99,119)(H,100,123)(H,101,126)(H,102,122)(H,115,116)(H,117,118)/t47-,49+,53+,58-,59-,60-,61-,62-,63-,64-,65-,66-,67-,68-,69-/m0/s1. The molecule has 3 aliphatic rings. The van der Waals surface area contributed by atoms with Gasteiger partial charge in [0.15, 0.2) is 5.78 Å². The van der Waals surface area contributed by atoms with Crippen molar-refractivity contribution >= 4 is 146 Å². The third kappa shape index (κ3) is 28.9. The van der Waals surface area contributed by atoms with Crippen LogP contribution in [0.2, 0.25) is 0 Å². The molecule has 718 valence electrons. The van der Waals surface area contributed by atoms with Crippen molar-refractivity contribution in [2.24, 2.45) is 23.1 Å². The molecule has 0 saturated carbocycles. The van der Waals surface area contributed by atoms with E-state index in [4.69, 9.17) is 17.2 Å². The number of aromatic amines is 2. The number of para-hydroxylation sites is 2. The zero-order chi connectivity index (χ0) is 96.9. The van der Waals surface area contributed by atoms with Crippen molar-refractivity contribution in [3.63, 3.8) is 0 Å². The lowest BCUT2D eigenvalue weighted by atomic mass is 9.90. The lowest BCUT2D eigenvalue weighted by molar-refractivity contribution is -0.149. The summed E-state index contributed by atoms with van der Waals surface area (Å²) < 4.78 is 0. The zero-order valence-electron chi connectivity index (χ0n) is 74.5. The Hall–Kier alpha value is -13.1. The van der Waals surface area contributed by atoms with Crippen molar-refractivity contribution < 1.29 is 117 Å². The van der Waals surface area contributed by atoms with Gasteiger partial charge in [-0.1, -0.05) is 88.1 Å². The van der Waals surface area contributed by atoms with Gasteiger partial charge in [0.25, 0.3) is 0 Å². The summed E-state index contributed by atoms with van der Waals surface area (Å²) in [6.45, 7) is 1.82. The smallest absolute Gasteiger partial charge is 0.303 e. The molecule has 22 N–H and O–H groups in total. The fourth-order valence-corrected chi connectivity index (χ4v) is 17.1. The molecule has 0 spiro atoms. The summed E-state index contributed by atoms with van der Waals surface area (Å²) in [4.78, 5) is 284. The number of benzene rings is 3. The number of primary amides is 2. The number of carboxylic acid groups (broad SMARTS) is 2. The molecule has 5 aromatic rings. The number of unbranched alkanes of at least 4 members (excludes halogenated alkanes) is 2. The molecule has 15 atom stereocenters. The Morgan fingerprint density at radius 2 is 1.05 bits per heavy atom. The second kappa shape index (κ2) is 49.8. The van der Waals surface area contributed by atoms with E-state index < -0.39 is 279 Å². The Labute approximate surface area is 764 Å². The molecule has 3 saturated heterocycles. The van der Waals surface area contributed by atoms with E-state index in [0.717, 1.165) is 31.5 Å². The number of phenols is 1. The number of carbonyl (C=O) groups is 19. The van der Waals surface area contributed by atoms with Gasteiger partial charge in [0, 0.05) is 119 Å². The zero-order valence-corrected chi connectivity index (χ0v) is 75.3. The number of fused-ring (bicyclic) bond motifs is 4. The van der Waals surface area contributed by atoms with Crippen molar-refractivity contribution in [1.82, 2.24) is 82.3 Å². The summed E-state index contributed by atoms with van der Waals surface area (Å²) in [5, 5.41) is 76.2. The third-order valence-electron chi connectivity index (χ3n) is 23.7. The largest absolute Gasteiger partial charge is 0.508 e. The minimum Gasteiger partial charge on any atom is -0.508 e. The van der Waals surface area contributed by atoms with Crippen molar-refractivity contribution in [2.45, 2.75) is 227 Å². The van der Waals surface area contributed by atoms with Crippen molar-refractivity contribution in [2.75, 3.05) is 65.4 Å². The first kappa shape index (κ1) is 104. The van der Waals surface area contributed by atoms with Crippen LogP contribution in [0.4, 0.5) is 0 Å². The molecule has 2 aromatic heterocycles. The predicted molar refractivity (Wildman–Crippen MR) is 477 cm³/mol. The van der Waals surface area contributed by atoms with Crippen LogP contribution in [-0.4, -0.2) is 322 Å². The van der Waals surface area contributed by atoms with Gasteiger partial charge in [-0.25, -0.2) is 0 Å². The number of H-pyrrole nitrogens is 2. The Morgan fingerprint density at radius 3 is 1.65 bits per heavy atom. The molecule has 3 fully saturated rings. The summed E-state index contributed by atoms with van der Waals surface area (Å²) in [5.41, 5.74) is 19.9. The maximum absolute atomic E-state index is 15.8. The number of nitrogens with one attached hydrogen (secondary N) is 11. The first-order chi connectivity index (χ1) is 62.8. The molecule has 16 amide bonds. The number of rotatable bonds is 26. The van der Waals surface area contributed by atoms with Crippen LogP contribution in [0.5, 0.6) is 5.75 Å². The number of aliphatic hydroxyl groups is 2. The predicted octanol–water partition coefficient (Wildman–Crippen LogP) is -3.03. The molecule has 3 aliphatic heterocycles. The van der Waals surface area contributed by atoms with Crippen molar-refractivity contribution in [3.05, 3.63) is 102 Å². The van der Waals surface area contributed by atoms with Crippen LogP contribution in [0, 0.1) is 5.92 Å². The molecule has 5 heterocycles. The van der Waals surface area contributed by atoms with E-state index in [1.54, 1.807) is 67.8 Å². The van der Waals surface area contributed by atoms with Gasteiger partial charge < -0.3 is 125 Å². The number of carboxylic acids is 2. The number of aromatic hydroxyl groups is 1. The number of hydrogen-bond acceptors (Lipinski definition) is 24. The van der Waals surface area contributed by atoms with Crippen LogP contribution < -0.4 is 65.1 Å². The second-order valence-electron chi connectivity index (χ2n) is 33.3. The Morgan fingerprint density at radius 1 is 0.530 bits per heavy atom. The van der Waals surface area contributed by atoms with Crippen LogP contribution in [0.25, 0.3) is 21.8 Å². The van der Waals surface area contributed by atoms with Gasteiger partial charge in [0.05, 0.1) is 37.5 Å². The number of amides is 16. The molecule has 0 bridgehead atoms. The van der Waals surface area contributed by atoms with E-state index in [0.29, 0.717) is 69.5 Å². The normalized spacial score (nSPS) is 25.1. The SMILES string of the molecule is CCCC[C@H]1C(=O)N(C)[C@@H](CCCC)C(=O)N[C@@H](CCC(=O)O)C(=O)N[C@H](C(=O)NCC(N)=O)CSCC(=O)N[C@@H](Cc2ccc(O)cc2)C(=O)N(C)[C@@H](C)C(=O)N[C@@H](CC(N)=O)C(=O)N2CCC[C@H]2C(=O)N[C@@H](CO)C(=O)N[C@@H](CCC(=O)O)C(=O)N2C[C@H](O)C[C@H]2C(=O)C[C@@H](Cc2c[nH]c3ccccc23)C(=O)N[C@@H](CCN)C(=O)N[C@@H](Cc2c[nH]c3ccccc23)C(=O)N1C. The molecule has 0 aliphatic carbocycles. The number of aromatic nitrogens is 2. The van der Waals surface area contributed by atoms with E-state index in [1.165, 1.54) is 45.3 Å². The number of aliphatic carboxylic acids is 2. The highest BCUT2D eigenvalue weighted by molar-refractivity contribution is 8.00. The molecule has 3 aromatic carbocycles. The number of Topliss-reactive ketones (excluding diaryl/α,β-unsaturated/α-hetero) is 1. The molecule has 44 heteroatoms. The van der Waals surface area contributed by atoms with Crippen LogP contribution in [0.1, 0.15) is 140 Å². The monoisotopic (exact) mass is 1860 g/mol. The van der Waals surface area contributed by atoms with Crippen molar-refractivity contribution in [1.29, 1.82) is 0 Å². The second-order valence-corrected chi connectivity index (χ2v) is 34.4. The number of likely N-dealkylation sites (N-methyl/N-ethyl adjacent to an activating group) is 3. The Bertz CT molecular complexity index is 5010. The highest BCUT2D eigenvalue weighted by Crippen LogP contribution is 2.30. The molecule has 43 nitrogen and oxygen atoms in total. The molecule has 0 radical (unpaired) electrons. The minimum atomic E-state index is -1.97. The Kier molecular flexibility index (Phi) is 39.3. The molecular weight excluding hydrogens is 1740 g/mol. The van der Waals surface area contributed by atoms with Crippen molar-refractivity contribution in [3.8, 4) is 5.75 Å². The minimum absolute atomic E-state index is 0.0378. The van der Waals surface area contributed by atoms with Gasteiger partial charge in [0.1, 0.15) is 78.3 Å². The average molecular weight is 1860 g/mol. The van der Waals surface area contributed by atoms with Gasteiger partial charge in [0.2, 0.25) is 94.5 Å². The van der Waals surface area contributed by atoms with Crippen LogP contribution in [0.3, 0.4) is 0 Å². The van der Waals surface area contributed by atoms with E-state index in [1.807, 2.05) is 6.92 Å². The highest BCUT2D eigenvalue weighted by atomic mass is 32.2. The van der Waals surface area contributed by atoms with E-state index in [-0.39, 0.29) is 76.6 Å². The van der Waals surface area contributed by atoms with Gasteiger partial charge in [-0.05, 0) is 106 Å². The summed E-state index contributed by atoms with van der Waals surface area (Å²) in [6.07, 6.45) is -2.89. The van der Waals surface area contributed by atoms with E-state index in [9.17, 15) is 83.1 Å². The summed E-state index contributed by atoms with van der Waals surface area (Å²) in [7, 11) is 3.78. The summed E-state index contributed by atoms with van der Waals surface area (Å²) >= 11 is 0.693. The lowest BCUT2D eigenvalue weighted by Crippen LogP contribution is -2.60. The van der Waals surface area contributed by atoms with Crippen LogP contribution in [-0.2, 0) is 110 Å². The lowest BCUT2D eigenvalue weighted by Gasteiger charge is -2.36. The summed E-state index contributed by atoms with van der Waals surface area (Å²) in [6, 6.07) is -2.01. The van der Waals surface area contributed by atoms with Gasteiger partial charge in [-0.3, -0.25) is 91.1 Å². The van der Waals surface area contributed by atoms with Crippen LogP contribution >= 0.6 is 11.8 Å². The number of nitrogens with two attached hydrogens (primary N) is 3. The molecule has 8 rings (SSSR count). The average Bonchev–Trinajstić information content (AvgIpc) is 1.65. The van der Waals surface area contributed by atoms with E-state index in [2.05, 4.69) is 57.8 Å². The number of ketones is 1. The number of carbonyl (C=O) groups excluding carboxylic acids is 17. The fraction of sp³-hybridized carbons (Fsp3) is 0.534. The third-order valence-corrected chi connectivity index (χ3v) is 24.7. The van der Waals surface area contributed by atoms with Crippen LogP contribution in [0.15, 0.2) is 85.2 Å².